The number of rotatable bonds is 5. The number of aryl methyl sites for hydroxylation is 1. The predicted molar refractivity (Wildman–Crippen MR) is 87.5 cm³/mol. The first-order valence-corrected chi connectivity index (χ1v) is 9.49. The van der Waals surface area contributed by atoms with Crippen LogP contribution in [-0.2, 0) is 14.8 Å². The summed E-state index contributed by atoms with van der Waals surface area (Å²) in [5.41, 5.74) is 1.03. The van der Waals surface area contributed by atoms with Crippen LogP contribution in [0.2, 0.25) is 0 Å². The number of carbonyl (C=O) groups excluding carboxylic acids is 1. The van der Waals surface area contributed by atoms with Gasteiger partial charge in [0.05, 0.1) is 11.4 Å². The lowest BCUT2D eigenvalue weighted by atomic mass is 10.2. The highest BCUT2D eigenvalue weighted by molar-refractivity contribution is 7.89. The second-order valence-electron chi connectivity index (χ2n) is 6.25. The minimum absolute atomic E-state index is 0.0595. The molecule has 3 rings (SSSR count). The summed E-state index contributed by atoms with van der Waals surface area (Å²) in [5, 5.41) is 3.20. The van der Waals surface area contributed by atoms with Crippen LogP contribution in [0, 0.1) is 6.92 Å². The number of nitrogens with one attached hydrogen (secondary N) is 1. The van der Waals surface area contributed by atoms with E-state index in [0.717, 1.165) is 18.4 Å². The van der Waals surface area contributed by atoms with E-state index in [9.17, 15) is 13.2 Å². The molecule has 1 N–H and O–H groups in total. The van der Waals surface area contributed by atoms with Gasteiger partial charge in [-0.1, -0.05) is 17.7 Å². The SMILES string of the molecule is Cc1ccc(S(=O)(=O)N2CCN(C(=O)CNC3CC3)CC2)cc1. The van der Waals surface area contributed by atoms with Gasteiger partial charge < -0.3 is 10.2 Å². The van der Waals surface area contributed by atoms with E-state index in [0.29, 0.717) is 43.7 Å². The van der Waals surface area contributed by atoms with Gasteiger partial charge in [0.1, 0.15) is 0 Å². The molecule has 1 aliphatic carbocycles. The highest BCUT2D eigenvalue weighted by Gasteiger charge is 2.30. The van der Waals surface area contributed by atoms with Crippen LogP contribution in [0.5, 0.6) is 0 Å². The van der Waals surface area contributed by atoms with Crippen LogP contribution in [0.15, 0.2) is 29.2 Å². The van der Waals surface area contributed by atoms with E-state index in [4.69, 9.17) is 0 Å². The lowest BCUT2D eigenvalue weighted by molar-refractivity contribution is -0.131. The summed E-state index contributed by atoms with van der Waals surface area (Å²) < 4.78 is 26.7. The minimum Gasteiger partial charge on any atom is -0.339 e. The molecule has 7 heteroatoms. The third-order valence-corrected chi connectivity index (χ3v) is 6.28. The zero-order valence-electron chi connectivity index (χ0n) is 13.4. The molecule has 2 aliphatic rings. The van der Waals surface area contributed by atoms with Gasteiger partial charge in [0.15, 0.2) is 0 Å². The average molecular weight is 337 g/mol. The molecule has 1 aromatic rings. The molecule has 0 bridgehead atoms. The van der Waals surface area contributed by atoms with E-state index < -0.39 is 10.0 Å². The van der Waals surface area contributed by atoms with Crippen molar-refractivity contribution in [2.75, 3.05) is 32.7 Å². The molecule has 0 spiro atoms. The van der Waals surface area contributed by atoms with Crippen molar-refractivity contribution in [1.82, 2.24) is 14.5 Å². The lowest BCUT2D eigenvalue weighted by Gasteiger charge is -2.34. The van der Waals surface area contributed by atoms with Crippen molar-refractivity contribution in [3.8, 4) is 0 Å². The quantitative estimate of drug-likeness (QED) is 0.853. The Kier molecular flexibility index (Phi) is 4.70. The van der Waals surface area contributed by atoms with Crippen LogP contribution in [0.4, 0.5) is 0 Å². The summed E-state index contributed by atoms with van der Waals surface area (Å²) in [4.78, 5) is 14.2. The normalized spacial score (nSPS) is 19.8. The van der Waals surface area contributed by atoms with Crippen LogP contribution in [0.3, 0.4) is 0 Å². The lowest BCUT2D eigenvalue weighted by Crippen LogP contribution is -2.52. The van der Waals surface area contributed by atoms with Crippen molar-refractivity contribution in [2.45, 2.75) is 30.7 Å². The third kappa shape index (κ3) is 3.91. The molecule has 0 unspecified atom stereocenters. The zero-order valence-corrected chi connectivity index (χ0v) is 14.2. The maximum absolute atomic E-state index is 12.6. The second kappa shape index (κ2) is 6.59. The standard InChI is InChI=1S/C16H23N3O3S/c1-13-2-6-15(7-3-13)23(21,22)19-10-8-18(9-11-19)16(20)12-17-14-4-5-14/h2-3,6-7,14,17H,4-5,8-12H2,1H3. The minimum atomic E-state index is -3.46. The van der Waals surface area contributed by atoms with Gasteiger partial charge in [0, 0.05) is 32.2 Å². The maximum atomic E-state index is 12.6. The van der Waals surface area contributed by atoms with Crippen molar-refractivity contribution in [2.24, 2.45) is 0 Å². The topological polar surface area (TPSA) is 69.7 Å². The second-order valence-corrected chi connectivity index (χ2v) is 8.19. The van der Waals surface area contributed by atoms with Gasteiger partial charge in [-0.2, -0.15) is 4.31 Å². The van der Waals surface area contributed by atoms with Gasteiger partial charge in [-0.05, 0) is 31.9 Å². The molecule has 2 fully saturated rings. The molecule has 1 aliphatic heterocycles. The summed E-state index contributed by atoms with van der Waals surface area (Å²) >= 11 is 0. The van der Waals surface area contributed by atoms with Gasteiger partial charge in [0.2, 0.25) is 15.9 Å². The molecule has 1 saturated carbocycles. The van der Waals surface area contributed by atoms with Crippen LogP contribution >= 0.6 is 0 Å². The smallest absolute Gasteiger partial charge is 0.243 e. The number of nitrogens with zero attached hydrogens (tertiary/aromatic N) is 2. The average Bonchev–Trinajstić information content (AvgIpc) is 3.37. The van der Waals surface area contributed by atoms with Crippen molar-refractivity contribution < 1.29 is 13.2 Å². The monoisotopic (exact) mass is 337 g/mol. The molecule has 126 valence electrons. The van der Waals surface area contributed by atoms with E-state index in [1.807, 2.05) is 6.92 Å². The molecule has 23 heavy (non-hydrogen) atoms. The summed E-state index contributed by atoms with van der Waals surface area (Å²) in [6.45, 7) is 3.90. The number of amides is 1. The third-order valence-electron chi connectivity index (χ3n) is 4.37. The first-order valence-electron chi connectivity index (χ1n) is 8.05. The molecule has 6 nitrogen and oxygen atoms in total. The zero-order chi connectivity index (χ0) is 16.4. The summed E-state index contributed by atoms with van der Waals surface area (Å²) in [6, 6.07) is 7.39. The molecule has 0 aromatic heterocycles. The van der Waals surface area contributed by atoms with Crippen LogP contribution < -0.4 is 5.32 Å². The largest absolute Gasteiger partial charge is 0.339 e. The van der Waals surface area contributed by atoms with E-state index in [1.165, 1.54) is 4.31 Å². The summed E-state index contributed by atoms with van der Waals surface area (Å²) in [7, 11) is -3.46. The molecular weight excluding hydrogens is 314 g/mol. The van der Waals surface area contributed by atoms with Crippen molar-refractivity contribution >= 4 is 15.9 Å². The maximum Gasteiger partial charge on any atom is 0.243 e. The number of sulfonamides is 1. The number of hydrogen-bond acceptors (Lipinski definition) is 4. The fourth-order valence-electron chi connectivity index (χ4n) is 2.67. The molecule has 1 saturated heterocycles. The van der Waals surface area contributed by atoms with Gasteiger partial charge >= 0.3 is 0 Å². The van der Waals surface area contributed by atoms with Crippen LogP contribution in [0.1, 0.15) is 18.4 Å². The molecule has 1 heterocycles. The van der Waals surface area contributed by atoms with Gasteiger partial charge in [0.25, 0.3) is 0 Å². The molecule has 1 amide bonds. The molecule has 0 radical (unpaired) electrons. The van der Waals surface area contributed by atoms with E-state index in [2.05, 4.69) is 5.32 Å². The molecule has 0 atom stereocenters. The number of piperazine rings is 1. The summed E-state index contributed by atoms with van der Waals surface area (Å²) in [5.74, 6) is 0.0595. The van der Waals surface area contributed by atoms with E-state index in [-0.39, 0.29) is 5.91 Å². The first kappa shape index (κ1) is 16.4. The van der Waals surface area contributed by atoms with E-state index >= 15 is 0 Å². The fraction of sp³-hybridized carbons (Fsp3) is 0.562. The number of hydrogen-bond donors (Lipinski definition) is 1. The molecule has 1 aromatic carbocycles. The van der Waals surface area contributed by atoms with Crippen molar-refractivity contribution in [3.63, 3.8) is 0 Å². The van der Waals surface area contributed by atoms with Gasteiger partial charge in [-0.3, -0.25) is 4.79 Å². The number of benzene rings is 1. The Bertz CT molecular complexity index is 660. The Morgan fingerprint density at radius 1 is 1.13 bits per heavy atom. The first-order chi connectivity index (χ1) is 11.0. The van der Waals surface area contributed by atoms with Gasteiger partial charge in [-0.25, -0.2) is 8.42 Å². The van der Waals surface area contributed by atoms with Crippen molar-refractivity contribution in [3.05, 3.63) is 29.8 Å². The molecular formula is C16H23N3O3S. The Morgan fingerprint density at radius 3 is 2.30 bits per heavy atom. The van der Waals surface area contributed by atoms with Crippen LogP contribution in [0.25, 0.3) is 0 Å². The Hall–Kier alpha value is -1.44. The van der Waals surface area contributed by atoms with E-state index in [1.54, 1.807) is 29.2 Å². The van der Waals surface area contributed by atoms with Crippen molar-refractivity contribution in [1.29, 1.82) is 0 Å². The fourth-order valence-corrected chi connectivity index (χ4v) is 4.09. The van der Waals surface area contributed by atoms with Gasteiger partial charge in [-0.15, -0.1) is 0 Å². The Labute approximate surface area is 137 Å². The predicted octanol–water partition coefficient (Wildman–Crippen LogP) is 0.580. The Morgan fingerprint density at radius 2 is 1.74 bits per heavy atom. The van der Waals surface area contributed by atoms with Crippen LogP contribution in [-0.4, -0.2) is 62.3 Å². The summed E-state index contributed by atoms with van der Waals surface area (Å²) in [6.07, 6.45) is 2.30. The Balaban J connectivity index is 1.57. The number of carbonyl (C=O) groups is 1. The highest BCUT2D eigenvalue weighted by Crippen LogP contribution is 2.19. The highest BCUT2D eigenvalue weighted by atomic mass is 32.2.